The molecule has 2 atom stereocenters. The van der Waals surface area contributed by atoms with Crippen molar-refractivity contribution in [3.05, 3.63) is 71.8 Å². The molecule has 0 aliphatic heterocycles. The number of hydrogen-bond donors (Lipinski definition) is 2. The maximum absolute atomic E-state index is 12.6. The molecule has 2 N–H and O–H groups in total. The fraction of sp³-hybridized carbons (Fsp3) is 0.391. The Labute approximate surface area is 160 Å². The van der Waals surface area contributed by atoms with Crippen LogP contribution in [0.5, 0.6) is 0 Å². The van der Waals surface area contributed by atoms with Gasteiger partial charge in [-0.2, -0.15) is 0 Å². The van der Waals surface area contributed by atoms with Crippen LogP contribution in [0.15, 0.2) is 60.7 Å². The Morgan fingerprint density at radius 2 is 1.41 bits per heavy atom. The van der Waals surface area contributed by atoms with Gasteiger partial charge < -0.3 is 10.4 Å². The van der Waals surface area contributed by atoms with Crippen LogP contribution in [-0.4, -0.2) is 23.5 Å². The largest absolute Gasteiger partial charge is 0.481 e. The SMILES string of the molecule is O=C(O)[C@@H]1CCCC[C@H]1C(=O)NCCC(c1ccccc1)c1ccccc1. The first-order valence-corrected chi connectivity index (χ1v) is 9.77. The monoisotopic (exact) mass is 365 g/mol. The van der Waals surface area contributed by atoms with Crippen molar-refractivity contribution in [2.24, 2.45) is 11.8 Å². The number of rotatable bonds is 7. The highest BCUT2D eigenvalue weighted by molar-refractivity contribution is 5.84. The zero-order valence-electron chi connectivity index (χ0n) is 15.5. The number of hydrogen-bond acceptors (Lipinski definition) is 2. The van der Waals surface area contributed by atoms with E-state index in [9.17, 15) is 14.7 Å². The molecule has 1 fully saturated rings. The molecule has 142 valence electrons. The Kier molecular flexibility index (Phi) is 6.64. The van der Waals surface area contributed by atoms with E-state index in [1.54, 1.807) is 0 Å². The number of carbonyl (C=O) groups excluding carboxylic acids is 1. The molecular weight excluding hydrogens is 338 g/mol. The second-order valence-corrected chi connectivity index (χ2v) is 7.29. The van der Waals surface area contributed by atoms with Gasteiger partial charge in [-0.15, -0.1) is 0 Å². The second kappa shape index (κ2) is 9.36. The number of amides is 1. The lowest BCUT2D eigenvalue weighted by Crippen LogP contribution is -2.40. The van der Waals surface area contributed by atoms with Crippen LogP contribution in [0.3, 0.4) is 0 Å². The van der Waals surface area contributed by atoms with Crippen molar-refractivity contribution < 1.29 is 14.7 Å². The van der Waals surface area contributed by atoms with Gasteiger partial charge in [0.15, 0.2) is 0 Å². The van der Waals surface area contributed by atoms with Crippen LogP contribution in [0.1, 0.15) is 49.1 Å². The van der Waals surface area contributed by atoms with Crippen molar-refractivity contribution in [2.75, 3.05) is 6.54 Å². The summed E-state index contributed by atoms with van der Waals surface area (Å²) in [7, 11) is 0. The van der Waals surface area contributed by atoms with E-state index in [1.807, 2.05) is 36.4 Å². The summed E-state index contributed by atoms with van der Waals surface area (Å²) in [5.41, 5.74) is 2.44. The Bertz CT molecular complexity index is 705. The van der Waals surface area contributed by atoms with E-state index in [0.29, 0.717) is 19.4 Å². The van der Waals surface area contributed by atoms with E-state index in [0.717, 1.165) is 19.3 Å². The molecule has 2 aromatic rings. The molecule has 1 aliphatic rings. The van der Waals surface area contributed by atoms with Gasteiger partial charge in [-0.05, 0) is 30.4 Å². The minimum atomic E-state index is -0.846. The molecule has 1 amide bonds. The van der Waals surface area contributed by atoms with Crippen molar-refractivity contribution in [3.63, 3.8) is 0 Å². The first kappa shape index (κ1) is 19.2. The average Bonchev–Trinajstić information content (AvgIpc) is 2.72. The van der Waals surface area contributed by atoms with E-state index >= 15 is 0 Å². The Hall–Kier alpha value is -2.62. The zero-order valence-corrected chi connectivity index (χ0v) is 15.5. The fourth-order valence-electron chi connectivity index (χ4n) is 4.11. The van der Waals surface area contributed by atoms with Crippen LogP contribution in [0.2, 0.25) is 0 Å². The lowest BCUT2D eigenvalue weighted by molar-refractivity contribution is -0.148. The third kappa shape index (κ3) is 4.97. The molecule has 27 heavy (non-hydrogen) atoms. The number of carbonyl (C=O) groups is 2. The second-order valence-electron chi connectivity index (χ2n) is 7.29. The Balaban J connectivity index is 1.64. The number of aliphatic carboxylic acids is 1. The van der Waals surface area contributed by atoms with E-state index in [-0.39, 0.29) is 11.8 Å². The standard InChI is InChI=1S/C23H27NO3/c25-22(20-13-7-8-14-21(20)23(26)27)24-16-15-19(17-9-3-1-4-10-17)18-11-5-2-6-12-18/h1-6,9-12,19-21H,7-8,13-16H2,(H,24,25)(H,26,27)/t20-,21-/m1/s1. The van der Waals surface area contributed by atoms with Crippen LogP contribution < -0.4 is 5.32 Å². The van der Waals surface area contributed by atoms with Crippen LogP contribution in [0.4, 0.5) is 0 Å². The molecule has 4 nitrogen and oxygen atoms in total. The lowest BCUT2D eigenvalue weighted by atomic mass is 9.78. The van der Waals surface area contributed by atoms with Crippen molar-refractivity contribution in [2.45, 2.75) is 38.0 Å². The van der Waals surface area contributed by atoms with E-state index in [4.69, 9.17) is 0 Å². The molecule has 2 aromatic carbocycles. The van der Waals surface area contributed by atoms with Crippen LogP contribution in [0, 0.1) is 11.8 Å². The number of carboxylic acids is 1. The van der Waals surface area contributed by atoms with E-state index in [1.165, 1.54) is 11.1 Å². The van der Waals surface area contributed by atoms with Crippen molar-refractivity contribution in [1.82, 2.24) is 5.32 Å². The lowest BCUT2D eigenvalue weighted by Gasteiger charge is -2.27. The van der Waals surface area contributed by atoms with Crippen molar-refractivity contribution in [1.29, 1.82) is 0 Å². The Morgan fingerprint density at radius 1 is 0.889 bits per heavy atom. The molecule has 1 saturated carbocycles. The molecule has 0 heterocycles. The van der Waals surface area contributed by atoms with Crippen LogP contribution in [0.25, 0.3) is 0 Å². The highest BCUT2D eigenvalue weighted by Crippen LogP contribution is 2.31. The van der Waals surface area contributed by atoms with Gasteiger partial charge in [0.2, 0.25) is 5.91 Å². The minimum Gasteiger partial charge on any atom is -0.481 e. The van der Waals surface area contributed by atoms with Crippen LogP contribution >= 0.6 is 0 Å². The predicted molar refractivity (Wildman–Crippen MR) is 105 cm³/mol. The van der Waals surface area contributed by atoms with Gasteiger partial charge in [-0.1, -0.05) is 73.5 Å². The summed E-state index contributed by atoms with van der Waals surface area (Å²) >= 11 is 0. The van der Waals surface area contributed by atoms with Crippen LogP contribution in [-0.2, 0) is 9.59 Å². The number of benzene rings is 2. The summed E-state index contributed by atoms with van der Waals surface area (Å²) in [5.74, 6) is -1.70. The van der Waals surface area contributed by atoms with E-state index < -0.39 is 17.8 Å². The maximum Gasteiger partial charge on any atom is 0.307 e. The normalized spacial score (nSPS) is 19.6. The quantitative estimate of drug-likeness (QED) is 0.772. The van der Waals surface area contributed by atoms with Crippen molar-refractivity contribution in [3.8, 4) is 0 Å². The highest BCUT2D eigenvalue weighted by atomic mass is 16.4. The summed E-state index contributed by atoms with van der Waals surface area (Å²) in [6.07, 6.45) is 3.88. The molecule has 0 aromatic heterocycles. The van der Waals surface area contributed by atoms with Gasteiger partial charge >= 0.3 is 5.97 Å². The average molecular weight is 365 g/mol. The summed E-state index contributed by atoms with van der Waals surface area (Å²) in [4.78, 5) is 24.0. The van der Waals surface area contributed by atoms with Gasteiger partial charge in [-0.25, -0.2) is 0 Å². The van der Waals surface area contributed by atoms with Gasteiger partial charge in [0.05, 0.1) is 11.8 Å². The molecule has 0 spiro atoms. The molecule has 0 unspecified atom stereocenters. The van der Waals surface area contributed by atoms with Gasteiger partial charge in [-0.3, -0.25) is 9.59 Å². The molecule has 0 saturated heterocycles. The zero-order chi connectivity index (χ0) is 19.1. The number of nitrogens with one attached hydrogen (secondary N) is 1. The summed E-state index contributed by atoms with van der Waals surface area (Å²) < 4.78 is 0. The minimum absolute atomic E-state index is 0.109. The third-order valence-electron chi connectivity index (χ3n) is 5.56. The molecule has 3 rings (SSSR count). The fourth-order valence-corrected chi connectivity index (χ4v) is 4.11. The maximum atomic E-state index is 12.6. The van der Waals surface area contributed by atoms with Gasteiger partial charge in [0.1, 0.15) is 0 Å². The molecule has 0 bridgehead atoms. The Morgan fingerprint density at radius 3 is 1.93 bits per heavy atom. The van der Waals surface area contributed by atoms with Gasteiger partial charge in [0.25, 0.3) is 0 Å². The summed E-state index contributed by atoms with van der Waals surface area (Å²) in [5, 5.41) is 12.4. The number of carboxylic acid groups (broad SMARTS) is 1. The summed E-state index contributed by atoms with van der Waals surface area (Å²) in [6, 6.07) is 20.6. The first-order chi connectivity index (χ1) is 13.2. The van der Waals surface area contributed by atoms with Gasteiger partial charge in [0, 0.05) is 12.5 Å². The summed E-state index contributed by atoms with van der Waals surface area (Å²) in [6.45, 7) is 0.538. The van der Waals surface area contributed by atoms with Crippen molar-refractivity contribution >= 4 is 11.9 Å². The first-order valence-electron chi connectivity index (χ1n) is 9.77. The predicted octanol–water partition coefficient (Wildman–Crippen LogP) is 4.22. The smallest absolute Gasteiger partial charge is 0.307 e. The topological polar surface area (TPSA) is 66.4 Å². The molecular formula is C23H27NO3. The molecule has 4 heteroatoms. The molecule has 1 aliphatic carbocycles. The highest BCUT2D eigenvalue weighted by Gasteiger charge is 2.35. The van der Waals surface area contributed by atoms with E-state index in [2.05, 4.69) is 29.6 Å². The third-order valence-corrected chi connectivity index (χ3v) is 5.56. The molecule has 0 radical (unpaired) electrons.